The van der Waals surface area contributed by atoms with Gasteiger partial charge in [-0.2, -0.15) is 30.2 Å². The minimum atomic E-state index is -5.08. The van der Waals surface area contributed by atoms with Crippen LogP contribution >= 0.6 is 0 Å². The Morgan fingerprint density at radius 2 is 1.97 bits per heavy atom. The third-order valence-electron chi connectivity index (χ3n) is 4.60. The summed E-state index contributed by atoms with van der Waals surface area (Å²) in [6.45, 7) is 4.12. The number of furan rings is 1. The van der Waals surface area contributed by atoms with Gasteiger partial charge < -0.3 is 14.3 Å². The molecule has 0 bridgehead atoms. The maximum absolute atomic E-state index is 12.3. The third-order valence-corrected chi connectivity index (χ3v) is 6.47. The minimum absolute atomic E-state index is 0.0101. The van der Waals surface area contributed by atoms with E-state index in [0.717, 1.165) is 25.2 Å². The number of ether oxygens (including phenoxy) is 1. The van der Waals surface area contributed by atoms with Gasteiger partial charge in [0.15, 0.2) is 0 Å². The quantitative estimate of drug-likeness (QED) is 0.736. The second kappa shape index (κ2) is 9.43. The van der Waals surface area contributed by atoms with E-state index >= 15 is 0 Å². The van der Waals surface area contributed by atoms with Crippen molar-refractivity contribution in [2.24, 2.45) is 5.92 Å². The van der Waals surface area contributed by atoms with Crippen molar-refractivity contribution < 1.29 is 40.6 Å². The number of hydrogen-bond donors (Lipinski definition) is 1. The Bertz CT molecular complexity index is 769. The number of rotatable bonds is 4. The Morgan fingerprint density at radius 3 is 2.48 bits per heavy atom. The van der Waals surface area contributed by atoms with E-state index in [1.165, 1.54) is 8.61 Å². The van der Waals surface area contributed by atoms with Crippen molar-refractivity contribution in [3.63, 3.8) is 0 Å². The largest absolute Gasteiger partial charge is 0.490 e. The first-order valence-electron chi connectivity index (χ1n) is 8.74. The molecule has 3 rings (SSSR count). The van der Waals surface area contributed by atoms with Crippen LogP contribution in [0.3, 0.4) is 0 Å². The summed E-state index contributed by atoms with van der Waals surface area (Å²) in [5.41, 5.74) is 1.13. The van der Waals surface area contributed by atoms with Crippen LogP contribution in [-0.4, -0.2) is 92.2 Å². The number of alkyl halides is 3. The topological polar surface area (TPSA) is 104 Å². The van der Waals surface area contributed by atoms with Crippen LogP contribution in [0.15, 0.2) is 23.0 Å². The van der Waals surface area contributed by atoms with Gasteiger partial charge in [-0.1, -0.05) is 0 Å². The molecule has 29 heavy (non-hydrogen) atoms. The first-order valence-corrected chi connectivity index (χ1v) is 10.1. The number of carboxylic acid groups (broad SMARTS) is 1. The molecule has 0 unspecified atom stereocenters. The maximum Gasteiger partial charge on any atom is 0.490 e. The molecule has 0 aliphatic carbocycles. The molecule has 2 aliphatic rings. The number of aliphatic carboxylic acids is 1. The summed E-state index contributed by atoms with van der Waals surface area (Å²) in [6, 6.07) is 1.96. The second-order valence-corrected chi connectivity index (χ2v) is 9.09. The van der Waals surface area contributed by atoms with Crippen molar-refractivity contribution >= 4 is 16.2 Å². The van der Waals surface area contributed by atoms with E-state index in [9.17, 15) is 21.6 Å². The van der Waals surface area contributed by atoms with Crippen LogP contribution in [0.5, 0.6) is 0 Å². The summed E-state index contributed by atoms with van der Waals surface area (Å²) in [7, 11) is -0.231. The first-order chi connectivity index (χ1) is 13.4. The second-order valence-electron chi connectivity index (χ2n) is 6.95. The Kier molecular flexibility index (Phi) is 7.67. The molecule has 0 spiro atoms. The van der Waals surface area contributed by atoms with Gasteiger partial charge in [0.05, 0.1) is 25.2 Å². The molecule has 0 saturated carbocycles. The van der Waals surface area contributed by atoms with Crippen molar-refractivity contribution in [1.29, 1.82) is 0 Å². The first kappa shape index (κ1) is 23.6. The predicted octanol–water partition coefficient (Wildman–Crippen LogP) is 0.852. The van der Waals surface area contributed by atoms with Gasteiger partial charge in [-0.25, -0.2) is 4.79 Å². The molecule has 166 valence electrons. The standard InChI is InChI=1S/C14H23N3O4S.C2HF3O2/c1-15(2)22(18,19)17-9-13-8-16(4-6-21-14(13)10-17)7-12-3-5-20-11-12;3-2(4,5)1(6)7/h3,5,11,13-14H,4,6-10H2,1-2H3;(H,6,7)/t13-,14+;/m0./s1. The number of halogens is 3. The Hall–Kier alpha value is -1.67. The molecule has 3 heterocycles. The van der Waals surface area contributed by atoms with Crippen LogP contribution in [0.25, 0.3) is 0 Å². The van der Waals surface area contributed by atoms with E-state index in [2.05, 4.69) is 4.90 Å². The summed E-state index contributed by atoms with van der Waals surface area (Å²) in [6.07, 6.45) is -1.67. The molecule has 0 amide bonds. The van der Waals surface area contributed by atoms with Gasteiger partial charge in [-0.3, -0.25) is 4.90 Å². The molecule has 1 aromatic heterocycles. The molecular weight excluding hydrogens is 419 g/mol. The molecule has 0 radical (unpaired) electrons. The predicted molar refractivity (Wildman–Crippen MR) is 95.1 cm³/mol. The molecule has 2 saturated heterocycles. The molecule has 13 heteroatoms. The number of carbonyl (C=O) groups is 1. The zero-order valence-corrected chi connectivity index (χ0v) is 16.8. The molecule has 9 nitrogen and oxygen atoms in total. The summed E-state index contributed by atoms with van der Waals surface area (Å²) >= 11 is 0. The number of nitrogens with zero attached hydrogens (tertiary/aromatic N) is 3. The van der Waals surface area contributed by atoms with Crippen molar-refractivity contribution in [2.75, 3.05) is 46.9 Å². The molecular formula is C16H24F3N3O6S. The van der Waals surface area contributed by atoms with Gasteiger partial charge in [-0.05, 0) is 6.07 Å². The maximum atomic E-state index is 12.3. The van der Waals surface area contributed by atoms with Crippen LogP contribution in [-0.2, 0) is 26.3 Å². The molecule has 1 N–H and O–H groups in total. The van der Waals surface area contributed by atoms with Gasteiger partial charge >= 0.3 is 12.1 Å². The van der Waals surface area contributed by atoms with Gasteiger partial charge in [-0.15, -0.1) is 0 Å². The van der Waals surface area contributed by atoms with Crippen molar-refractivity contribution in [2.45, 2.75) is 18.8 Å². The number of fused-ring (bicyclic) bond motifs is 1. The highest BCUT2D eigenvalue weighted by atomic mass is 32.2. The smallest absolute Gasteiger partial charge is 0.475 e. The van der Waals surface area contributed by atoms with Gasteiger partial charge in [0.1, 0.15) is 0 Å². The lowest BCUT2D eigenvalue weighted by atomic mass is 10.1. The van der Waals surface area contributed by atoms with Crippen LogP contribution < -0.4 is 0 Å². The van der Waals surface area contributed by atoms with E-state index in [-0.39, 0.29) is 12.0 Å². The zero-order chi connectivity index (χ0) is 21.8. The van der Waals surface area contributed by atoms with E-state index in [4.69, 9.17) is 19.1 Å². The Labute approximate surface area is 166 Å². The number of carboxylic acids is 1. The van der Waals surface area contributed by atoms with E-state index in [1.807, 2.05) is 6.07 Å². The lowest BCUT2D eigenvalue weighted by molar-refractivity contribution is -0.192. The summed E-state index contributed by atoms with van der Waals surface area (Å²) in [5, 5.41) is 7.12. The molecule has 2 aliphatic heterocycles. The van der Waals surface area contributed by atoms with Crippen molar-refractivity contribution in [1.82, 2.24) is 13.5 Å². The van der Waals surface area contributed by atoms with Crippen LogP contribution in [0.2, 0.25) is 0 Å². The summed E-state index contributed by atoms with van der Waals surface area (Å²) in [4.78, 5) is 11.2. The highest BCUT2D eigenvalue weighted by Crippen LogP contribution is 2.27. The van der Waals surface area contributed by atoms with E-state index < -0.39 is 22.4 Å². The lowest BCUT2D eigenvalue weighted by Gasteiger charge is -2.23. The van der Waals surface area contributed by atoms with E-state index in [1.54, 1.807) is 26.6 Å². The highest BCUT2D eigenvalue weighted by Gasteiger charge is 2.42. The Morgan fingerprint density at radius 1 is 1.31 bits per heavy atom. The monoisotopic (exact) mass is 443 g/mol. The fraction of sp³-hybridized carbons (Fsp3) is 0.688. The zero-order valence-electron chi connectivity index (χ0n) is 16.0. The molecule has 1 aromatic rings. The lowest BCUT2D eigenvalue weighted by Crippen LogP contribution is -2.40. The van der Waals surface area contributed by atoms with E-state index in [0.29, 0.717) is 19.7 Å². The molecule has 2 fully saturated rings. The van der Waals surface area contributed by atoms with Crippen LogP contribution in [0.1, 0.15) is 5.56 Å². The van der Waals surface area contributed by atoms with Gasteiger partial charge in [0.25, 0.3) is 10.2 Å². The highest BCUT2D eigenvalue weighted by molar-refractivity contribution is 7.86. The fourth-order valence-corrected chi connectivity index (χ4v) is 4.30. The molecule has 2 atom stereocenters. The van der Waals surface area contributed by atoms with Crippen LogP contribution in [0, 0.1) is 5.92 Å². The van der Waals surface area contributed by atoms with Gasteiger partial charge in [0, 0.05) is 58.3 Å². The summed E-state index contributed by atoms with van der Waals surface area (Å²) < 4.78 is 70.1. The molecule has 0 aromatic carbocycles. The normalized spacial score (nSPS) is 23.9. The fourth-order valence-electron chi connectivity index (χ4n) is 3.13. The number of hydrogen-bond acceptors (Lipinski definition) is 6. The average Bonchev–Trinajstić information content (AvgIpc) is 3.21. The SMILES string of the molecule is CN(C)S(=O)(=O)N1C[C@@H]2CN(Cc3ccoc3)CCO[C@@H]2C1.O=C(O)C(F)(F)F. The average molecular weight is 443 g/mol. The van der Waals surface area contributed by atoms with Crippen LogP contribution in [0.4, 0.5) is 13.2 Å². The van der Waals surface area contributed by atoms with Gasteiger partial charge in [0.2, 0.25) is 0 Å². The van der Waals surface area contributed by atoms with Crippen molar-refractivity contribution in [3.8, 4) is 0 Å². The minimum Gasteiger partial charge on any atom is -0.475 e. The Balaban J connectivity index is 0.000000370. The third kappa shape index (κ3) is 6.40. The summed E-state index contributed by atoms with van der Waals surface area (Å²) in [5.74, 6) is -2.54. The van der Waals surface area contributed by atoms with Crippen molar-refractivity contribution in [3.05, 3.63) is 24.2 Å².